The summed E-state index contributed by atoms with van der Waals surface area (Å²) in [7, 11) is 0. The highest BCUT2D eigenvalue weighted by molar-refractivity contribution is 5.86. The molecule has 3 aromatic rings. The largest absolute Gasteiger partial charge is 0.452 e. The number of nitriles is 1. The molecular weight excluding hydrogens is 266 g/mol. The normalized spacial score (nSPS) is 10.5. The Balaban J connectivity index is 2.08. The molecular formula is C17H13NO3. The first-order valence-electron chi connectivity index (χ1n) is 6.53. The van der Waals surface area contributed by atoms with Gasteiger partial charge in [-0.1, -0.05) is 24.3 Å². The van der Waals surface area contributed by atoms with Crippen molar-refractivity contribution >= 4 is 11.0 Å². The molecule has 4 nitrogen and oxygen atoms in total. The second-order valence-electron chi connectivity index (χ2n) is 4.73. The first kappa shape index (κ1) is 13.2. The number of rotatable bonds is 3. The van der Waals surface area contributed by atoms with Gasteiger partial charge in [0.15, 0.2) is 5.75 Å². The van der Waals surface area contributed by atoms with Gasteiger partial charge in [0.25, 0.3) is 0 Å². The van der Waals surface area contributed by atoms with Gasteiger partial charge in [-0.15, -0.1) is 0 Å². The Morgan fingerprint density at radius 3 is 2.76 bits per heavy atom. The lowest BCUT2D eigenvalue weighted by Gasteiger charge is -2.08. The first-order chi connectivity index (χ1) is 10.2. The van der Waals surface area contributed by atoms with E-state index >= 15 is 0 Å². The molecule has 4 heteroatoms. The Bertz CT molecular complexity index is 843. The molecule has 0 bridgehead atoms. The zero-order valence-corrected chi connectivity index (χ0v) is 11.5. The molecule has 0 fully saturated rings. The van der Waals surface area contributed by atoms with E-state index in [9.17, 15) is 5.26 Å². The van der Waals surface area contributed by atoms with Crippen molar-refractivity contribution in [3.63, 3.8) is 0 Å². The van der Waals surface area contributed by atoms with Gasteiger partial charge in [0.1, 0.15) is 17.4 Å². The fourth-order valence-electron chi connectivity index (χ4n) is 2.23. The van der Waals surface area contributed by atoms with Crippen LogP contribution in [0.15, 0.2) is 46.9 Å². The zero-order valence-electron chi connectivity index (χ0n) is 11.5. The third-order valence-corrected chi connectivity index (χ3v) is 3.29. The fraction of sp³-hybridized carbons (Fsp3) is 0.118. The van der Waals surface area contributed by atoms with Crippen LogP contribution in [-0.4, -0.2) is 5.11 Å². The number of ether oxygens (including phenoxy) is 1. The van der Waals surface area contributed by atoms with Gasteiger partial charge in [-0.25, -0.2) is 0 Å². The maximum Gasteiger partial charge on any atom is 0.247 e. The molecule has 1 heterocycles. The number of hydrogen-bond acceptors (Lipinski definition) is 4. The molecule has 0 radical (unpaired) electrons. The number of fused-ring (bicyclic) bond motifs is 1. The summed E-state index contributed by atoms with van der Waals surface area (Å²) in [5.41, 5.74) is 2.32. The molecule has 0 aliphatic heterocycles. The van der Waals surface area contributed by atoms with Gasteiger partial charge >= 0.3 is 0 Å². The molecule has 0 saturated carbocycles. The van der Waals surface area contributed by atoms with Crippen LogP contribution in [-0.2, 0) is 6.61 Å². The molecule has 1 aromatic heterocycles. The Morgan fingerprint density at radius 1 is 1.24 bits per heavy atom. The number of aryl methyl sites for hydroxylation is 1. The number of furan rings is 1. The first-order valence-corrected chi connectivity index (χ1v) is 6.53. The minimum atomic E-state index is -0.0147. The summed E-state index contributed by atoms with van der Waals surface area (Å²) < 4.78 is 11.4. The quantitative estimate of drug-likeness (QED) is 0.789. The van der Waals surface area contributed by atoms with Gasteiger partial charge in [0.05, 0.1) is 12.0 Å². The SMILES string of the molecule is Cc1cc(CO)ccc1Oc1c(C#N)oc2ccccc12. The molecule has 1 N–H and O–H groups in total. The summed E-state index contributed by atoms with van der Waals surface area (Å²) in [6.45, 7) is 1.88. The van der Waals surface area contributed by atoms with Gasteiger partial charge in [0.2, 0.25) is 5.76 Å². The second kappa shape index (κ2) is 5.31. The summed E-state index contributed by atoms with van der Waals surface area (Å²) in [6.07, 6.45) is 0. The van der Waals surface area contributed by atoms with Crippen LogP contribution >= 0.6 is 0 Å². The maximum absolute atomic E-state index is 9.19. The van der Waals surface area contributed by atoms with Gasteiger partial charge in [-0.05, 0) is 36.2 Å². The lowest BCUT2D eigenvalue weighted by atomic mass is 10.1. The highest BCUT2D eigenvalue weighted by Gasteiger charge is 2.16. The zero-order chi connectivity index (χ0) is 14.8. The van der Waals surface area contributed by atoms with E-state index in [1.807, 2.05) is 37.3 Å². The van der Waals surface area contributed by atoms with E-state index in [-0.39, 0.29) is 12.4 Å². The van der Waals surface area contributed by atoms with E-state index in [0.717, 1.165) is 16.5 Å². The highest BCUT2D eigenvalue weighted by atomic mass is 16.5. The predicted octanol–water partition coefficient (Wildman–Crippen LogP) is 3.90. The Labute approximate surface area is 121 Å². The summed E-state index contributed by atoms with van der Waals surface area (Å²) >= 11 is 0. The molecule has 0 aliphatic carbocycles. The van der Waals surface area contributed by atoms with Gasteiger partial charge in [0, 0.05) is 0 Å². The molecule has 2 aromatic carbocycles. The van der Waals surface area contributed by atoms with Crippen molar-refractivity contribution < 1.29 is 14.3 Å². The molecule has 21 heavy (non-hydrogen) atoms. The van der Waals surface area contributed by atoms with Crippen molar-refractivity contribution in [2.75, 3.05) is 0 Å². The minimum Gasteiger partial charge on any atom is -0.452 e. The van der Waals surface area contributed by atoms with E-state index in [1.165, 1.54) is 0 Å². The number of nitrogens with zero attached hydrogens (tertiary/aromatic N) is 1. The predicted molar refractivity (Wildman–Crippen MR) is 78.1 cm³/mol. The average molecular weight is 279 g/mol. The van der Waals surface area contributed by atoms with Crippen molar-refractivity contribution in [1.29, 1.82) is 5.26 Å². The van der Waals surface area contributed by atoms with E-state index in [2.05, 4.69) is 0 Å². The summed E-state index contributed by atoms with van der Waals surface area (Å²) in [4.78, 5) is 0. The van der Waals surface area contributed by atoms with Crippen molar-refractivity contribution in [3.8, 4) is 17.6 Å². The maximum atomic E-state index is 9.19. The van der Waals surface area contributed by atoms with Crippen molar-refractivity contribution in [1.82, 2.24) is 0 Å². The Morgan fingerprint density at radius 2 is 2.05 bits per heavy atom. The van der Waals surface area contributed by atoms with E-state index < -0.39 is 0 Å². The Hall–Kier alpha value is -2.77. The number of para-hydroxylation sites is 1. The van der Waals surface area contributed by atoms with Crippen LogP contribution in [0.5, 0.6) is 11.5 Å². The topological polar surface area (TPSA) is 66.4 Å². The molecule has 104 valence electrons. The smallest absolute Gasteiger partial charge is 0.247 e. The Kier molecular flexibility index (Phi) is 3.35. The van der Waals surface area contributed by atoms with E-state index in [1.54, 1.807) is 18.2 Å². The molecule has 0 spiro atoms. The minimum absolute atomic E-state index is 0.0147. The average Bonchev–Trinajstić information content (AvgIpc) is 2.87. The van der Waals surface area contributed by atoms with Gasteiger partial charge in [-0.3, -0.25) is 0 Å². The summed E-state index contributed by atoms with van der Waals surface area (Å²) in [6, 6.07) is 14.8. The molecule has 0 atom stereocenters. The van der Waals surface area contributed by atoms with Gasteiger partial charge in [-0.2, -0.15) is 5.26 Å². The summed E-state index contributed by atoms with van der Waals surface area (Å²) in [5, 5.41) is 19.1. The van der Waals surface area contributed by atoms with Crippen LogP contribution in [0.1, 0.15) is 16.9 Å². The second-order valence-corrected chi connectivity index (χ2v) is 4.73. The fourth-order valence-corrected chi connectivity index (χ4v) is 2.23. The molecule has 0 unspecified atom stereocenters. The van der Waals surface area contributed by atoms with Crippen molar-refractivity contribution in [2.45, 2.75) is 13.5 Å². The van der Waals surface area contributed by atoms with E-state index in [0.29, 0.717) is 17.1 Å². The van der Waals surface area contributed by atoms with Gasteiger partial charge < -0.3 is 14.3 Å². The van der Waals surface area contributed by atoms with Crippen LogP contribution in [0.2, 0.25) is 0 Å². The van der Waals surface area contributed by atoms with E-state index in [4.69, 9.17) is 14.3 Å². The van der Waals surface area contributed by atoms with Crippen LogP contribution < -0.4 is 4.74 Å². The summed E-state index contributed by atoms with van der Waals surface area (Å²) in [5.74, 6) is 1.21. The lowest BCUT2D eigenvalue weighted by Crippen LogP contribution is -1.91. The van der Waals surface area contributed by atoms with Crippen LogP contribution in [0.25, 0.3) is 11.0 Å². The number of hydrogen-bond donors (Lipinski definition) is 1. The molecule has 0 saturated heterocycles. The highest BCUT2D eigenvalue weighted by Crippen LogP contribution is 2.36. The lowest BCUT2D eigenvalue weighted by molar-refractivity contribution is 0.281. The third kappa shape index (κ3) is 2.35. The third-order valence-electron chi connectivity index (χ3n) is 3.29. The van der Waals surface area contributed by atoms with Crippen LogP contribution in [0.3, 0.4) is 0 Å². The number of aliphatic hydroxyl groups excluding tert-OH is 1. The van der Waals surface area contributed by atoms with Crippen molar-refractivity contribution in [3.05, 3.63) is 59.4 Å². The standard InChI is InChI=1S/C17H13NO3/c1-11-8-12(10-19)6-7-14(11)21-17-13-4-2-3-5-15(13)20-16(17)9-18/h2-8,19H,10H2,1H3. The monoisotopic (exact) mass is 279 g/mol. The molecule has 3 rings (SSSR count). The van der Waals surface area contributed by atoms with Crippen molar-refractivity contribution in [2.24, 2.45) is 0 Å². The number of aliphatic hydroxyl groups is 1. The number of benzene rings is 2. The molecule has 0 amide bonds. The van der Waals surface area contributed by atoms with Crippen LogP contribution in [0.4, 0.5) is 0 Å². The molecule has 0 aliphatic rings. The van der Waals surface area contributed by atoms with Crippen LogP contribution in [0, 0.1) is 18.3 Å².